The maximum atomic E-state index is 9.08. The van der Waals surface area contributed by atoms with Crippen molar-refractivity contribution in [3.8, 4) is 17.3 Å². The molecule has 1 aliphatic rings. The van der Waals surface area contributed by atoms with Gasteiger partial charge in [-0.2, -0.15) is 5.26 Å². The first kappa shape index (κ1) is 20.5. The first-order valence-corrected chi connectivity index (χ1v) is 9.21. The largest absolute Gasteiger partial charge is 0.395 e. The Morgan fingerprint density at radius 2 is 1.93 bits per heavy atom. The van der Waals surface area contributed by atoms with Crippen LogP contribution in [-0.2, 0) is 0 Å². The molecule has 148 valence electrons. The highest BCUT2D eigenvalue weighted by atomic mass is 35.5. The van der Waals surface area contributed by atoms with Crippen LogP contribution in [0.3, 0.4) is 0 Å². The number of rotatable bonds is 7. The summed E-state index contributed by atoms with van der Waals surface area (Å²) in [5.74, 6) is 2.57. The first-order chi connectivity index (χ1) is 13.7. The van der Waals surface area contributed by atoms with Crippen molar-refractivity contribution in [1.29, 1.82) is 5.26 Å². The molecule has 0 aliphatic heterocycles. The molecule has 1 saturated carbocycles. The highest BCUT2D eigenvalue weighted by molar-refractivity contribution is 5.85. The monoisotopic (exact) mass is 408 g/mol. The Hall–Kier alpha value is -3.21. The van der Waals surface area contributed by atoms with Crippen LogP contribution in [0.2, 0.25) is 0 Å². The molecule has 3 N–H and O–H groups in total. The Kier molecular flexibility index (Phi) is 6.60. The van der Waals surface area contributed by atoms with Crippen molar-refractivity contribution in [1.82, 2.24) is 15.0 Å². The number of pyridine rings is 3. The molecule has 8 heteroatoms. The zero-order valence-corrected chi connectivity index (χ0v) is 16.5. The Labute approximate surface area is 175 Å². The van der Waals surface area contributed by atoms with Crippen molar-refractivity contribution >= 4 is 29.9 Å². The number of nitrogens with one attached hydrogen (secondary N) is 2. The fourth-order valence-electron chi connectivity index (χ4n) is 2.95. The van der Waals surface area contributed by atoms with E-state index in [2.05, 4.69) is 32.7 Å². The van der Waals surface area contributed by atoms with Gasteiger partial charge in [0.15, 0.2) is 0 Å². The molecule has 0 amide bonds. The molecule has 7 nitrogen and oxygen atoms in total. The van der Waals surface area contributed by atoms with Gasteiger partial charge in [-0.05, 0) is 60.7 Å². The molecular formula is C21H21ClN6O. The van der Waals surface area contributed by atoms with Gasteiger partial charge in [-0.15, -0.1) is 12.4 Å². The number of hydrogen-bond donors (Lipinski definition) is 3. The van der Waals surface area contributed by atoms with Gasteiger partial charge in [-0.1, -0.05) is 0 Å². The Bertz CT molecular complexity index is 1010. The van der Waals surface area contributed by atoms with Crippen LogP contribution in [0.5, 0.6) is 0 Å². The molecule has 1 fully saturated rings. The molecule has 3 aromatic heterocycles. The van der Waals surface area contributed by atoms with E-state index >= 15 is 0 Å². The van der Waals surface area contributed by atoms with E-state index < -0.39 is 0 Å². The van der Waals surface area contributed by atoms with Crippen molar-refractivity contribution in [3.05, 3.63) is 59.9 Å². The summed E-state index contributed by atoms with van der Waals surface area (Å²) in [6, 6.07) is 13.5. The van der Waals surface area contributed by atoms with Gasteiger partial charge in [0.25, 0.3) is 0 Å². The Morgan fingerprint density at radius 1 is 1.07 bits per heavy atom. The van der Waals surface area contributed by atoms with Crippen molar-refractivity contribution in [2.45, 2.75) is 18.8 Å². The summed E-state index contributed by atoms with van der Waals surface area (Å²) in [4.78, 5) is 13.4. The van der Waals surface area contributed by atoms with Crippen LogP contribution in [0.25, 0.3) is 11.3 Å². The van der Waals surface area contributed by atoms with Gasteiger partial charge >= 0.3 is 0 Å². The second kappa shape index (κ2) is 9.32. The predicted octanol–water partition coefficient (Wildman–Crippen LogP) is 3.86. The standard InChI is InChI=1S/C21H20N6O.ClH/c22-12-14-5-6-23-20(9-14)27-21-11-17(15-1-2-15)10-18(26-21)16-3-4-19(25-13-16)24-7-8-28;/h3-6,9-11,13,15,28H,1-2,7-8H2,(H,24,25)(H,23,26,27);1H. The van der Waals surface area contributed by atoms with E-state index in [1.807, 2.05) is 18.2 Å². The van der Waals surface area contributed by atoms with Gasteiger partial charge in [0.05, 0.1) is 23.9 Å². The summed E-state index contributed by atoms with van der Waals surface area (Å²) < 4.78 is 0. The maximum Gasteiger partial charge on any atom is 0.132 e. The number of aromatic nitrogens is 3. The van der Waals surface area contributed by atoms with Crippen molar-refractivity contribution in [2.24, 2.45) is 0 Å². The van der Waals surface area contributed by atoms with Gasteiger partial charge in [0, 0.05) is 24.5 Å². The van der Waals surface area contributed by atoms with E-state index in [0.29, 0.717) is 35.5 Å². The van der Waals surface area contributed by atoms with E-state index in [4.69, 9.17) is 15.4 Å². The van der Waals surface area contributed by atoms with Gasteiger partial charge in [0.1, 0.15) is 17.5 Å². The first-order valence-electron chi connectivity index (χ1n) is 9.21. The van der Waals surface area contributed by atoms with Crippen LogP contribution in [0.4, 0.5) is 17.5 Å². The molecule has 0 spiro atoms. The second-order valence-corrected chi connectivity index (χ2v) is 6.69. The zero-order chi connectivity index (χ0) is 19.3. The fraction of sp³-hybridized carbons (Fsp3) is 0.238. The van der Waals surface area contributed by atoms with Gasteiger partial charge in [-0.25, -0.2) is 15.0 Å². The van der Waals surface area contributed by atoms with Crippen LogP contribution >= 0.6 is 12.4 Å². The average Bonchev–Trinajstić information content (AvgIpc) is 3.58. The average molecular weight is 409 g/mol. The summed E-state index contributed by atoms with van der Waals surface area (Å²) in [6.07, 6.45) is 5.76. The third kappa shape index (κ3) is 5.19. The van der Waals surface area contributed by atoms with Crippen LogP contribution in [0.15, 0.2) is 48.8 Å². The summed E-state index contributed by atoms with van der Waals surface area (Å²) >= 11 is 0. The highest BCUT2D eigenvalue weighted by Gasteiger charge is 2.25. The zero-order valence-electron chi connectivity index (χ0n) is 15.7. The lowest BCUT2D eigenvalue weighted by Gasteiger charge is -2.11. The molecule has 0 aromatic carbocycles. The maximum absolute atomic E-state index is 9.08. The van der Waals surface area contributed by atoms with Crippen LogP contribution in [0.1, 0.15) is 29.9 Å². The second-order valence-electron chi connectivity index (χ2n) is 6.69. The lowest BCUT2D eigenvalue weighted by Crippen LogP contribution is -2.06. The van der Waals surface area contributed by atoms with Gasteiger partial charge in [0.2, 0.25) is 0 Å². The molecule has 0 saturated heterocycles. The number of aliphatic hydroxyl groups excluding tert-OH is 1. The molecule has 0 bridgehead atoms. The summed E-state index contributed by atoms with van der Waals surface area (Å²) in [5, 5.41) is 24.2. The minimum absolute atomic E-state index is 0. The Balaban J connectivity index is 0.00000240. The Morgan fingerprint density at radius 3 is 2.62 bits per heavy atom. The number of halogens is 1. The summed E-state index contributed by atoms with van der Waals surface area (Å²) in [5.41, 5.74) is 3.54. The molecular weight excluding hydrogens is 388 g/mol. The van der Waals surface area contributed by atoms with Crippen molar-refractivity contribution in [2.75, 3.05) is 23.8 Å². The van der Waals surface area contributed by atoms with E-state index in [-0.39, 0.29) is 19.0 Å². The number of aliphatic hydroxyl groups is 1. The summed E-state index contributed by atoms with van der Waals surface area (Å²) in [6.45, 7) is 0.523. The number of hydrogen-bond acceptors (Lipinski definition) is 7. The molecule has 0 radical (unpaired) electrons. The normalized spacial score (nSPS) is 12.6. The van der Waals surface area contributed by atoms with Crippen molar-refractivity contribution < 1.29 is 5.11 Å². The molecule has 3 aromatic rings. The highest BCUT2D eigenvalue weighted by Crippen LogP contribution is 2.42. The minimum atomic E-state index is 0. The van der Waals surface area contributed by atoms with Crippen LogP contribution in [-0.4, -0.2) is 33.2 Å². The number of anilines is 3. The summed E-state index contributed by atoms with van der Waals surface area (Å²) in [7, 11) is 0. The molecule has 1 aliphatic carbocycles. The smallest absolute Gasteiger partial charge is 0.132 e. The van der Waals surface area contributed by atoms with Gasteiger partial charge in [-0.3, -0.25) is 0 Å². The molecule has 29 heavy (non-hydrogen) atoms. The number of nitrogens with zero attached hydrogens (tertiary/aromatic N) is 4. The fourth-order valence-corrected chi connectivity index (χ4v) is 2.95. The molecule has 0 atom stereocenters. The lowest BCUT2D eigenvalue weighted by molar-refractivity contribution is 0.311. The molecule has 3 heterocycles. The predicted molar refractivity (Wildman–Crippen MR) is 115 cm³/mol. The third-order valence-electron chi connectivity index (χ3n) is 4.52. The third-order valence-corrected chi connectivity index (χ3v) is 4.52. The van der Waals surface area contributed by atoms with E-state index in [0.717, 1.165) is 11.3 Å². The van der Waals surface area contributed by atoms with Gasteiger partial charge < -0.3 is 15.7 Å². The lowest BCUT2D eigenvalue weighted by atomic mass is 10.1. The van der Waals surface area contributed by atoms with E-state index in [1.54, 1.807) is 24.5 Å². The van der Waals surface area contributed by atoms with Crippen molar-refractivity contribution in [3.63, 3.8) is 0 Å². The van der Waals surface area contributed by atoms with E-state index in [1.165, 1.54) is 18.4 Å². The number of nitriles is 1. The minimum Gasteiger partial charge on any atom is -0.395 e. The molecule has 4 rings (SSSR count). The van der Waals surface area contributed by atoms with E-state index in [9.17, 15) is 0 Å². The van der Waals surface area contributed by atoms with Crippen LogP contribution in [0, 0.1) is 11.3 Å². The topological polar surface area (TPSA) is 107 Å². The quantitative estimate of drug-likeness (QED) is 0.544. The SMILES string of the molecule is Cl.N#Cc1ccnc(Nc2cc(C3CC3)cc(-c3ccc(NCCO)nc3)n2)c1. The van der Waals surface area contributed by atoms with Crippen LogP contribution < -0.4 is 10.6 Å². The molecule has 0 unspecified atom stereocenters.